The number of carbonyl (C=O) groups excluding carboxylic acids is 1. The number of para-hydroxylation sites is 1. The number of carboxylic acids is 1. The van der Waals surface area contributed by atoms with Crippen LogP contribution in [0.15, 0.2) is 24.3 Å². The molecule has 0 fully saturated rings. The summed E-state index contributed by atoms with van der Waals surface area (Å²) >= 11 is 0. The van der Waals surface area contributed by atoms with E-state index in [1.807, 2.05) is 0 Å². The fourth-order valence-electron chi connectivity index (χ4n) is 1.33. The van der Waals surface area contributed by atoms with Crippen molar-refractivity contribution in [3.63, 3.8) is 0 Å². The molecule has 3 N–H and O–H groups in total. The van der Waals surface area contributed by atoms with Crippen molar-refractivity contribution >= 4 is 17.7 Å². The smallest absolute Gasteiger partial charge is 0.319 e. The van der Waals surface area contributed by atoms with Gasteiger partial charge in [-0.15, -0.1) is 0 Å². The topological polar surface area (TPSA) is 83.6 Å². The molecule has 0 radical (unpaired) electrons. The number of rotatable bonds is 4. The number of nitrogens with zero attached hydrogens (tertiary/aromatic N) is 1. The van der Waals surface area contributed by atoms with Gasteiger partial charge in [0, 0.05) is 6.54 Å². The molecule has 0 aliphatic rings. The van der Waals surface area contributed by atoms with Crippen LogP contribution in [-0.4, -0.2) is 23.7 Å². The second-order valence-electron chi connectivity index (χ2n) is 3.64. The first-order chi connectivity index (χ1) is 7.93. The van der Waals surface area contributed by atoms with Gasteiger partial charge in [0.15, 0.2) is 0 Å². The number of carbonyl (C=O) groups is 2. The number of halogens is 1. The lowest BCUT2D eigenvalue weighted by molar-refractivity contribution is -0.140. The number of hydrogen-bond donors (Lipinski definition) is 2. The third-order valence-corrected chi connectivity index (χ3v) is 2.29. The zero-order valence-corrected chi connectivity index (χ0v) is 9.26. The Kier molecular flexibility index (Phi) is 4.03. The molecule has 17 heavy (non-hydrogen) atoms. The van der Waals surface area contributed by atoms with E-state index in [2.05, 4.69) is 0 Å². The van der Waals surface area contributed by atoms with E-state index in [1.54, 1.807) is 6.07 Å². The van der Waals surface area contributed by atoms with E-state index in [0.29, 0.717) is 0 Å². The minimum Gasteiger partial charge on any atom is -0.481 e. The van der Waals surface area contributed by atoms with Gasteiger partial charge in [-0.1, -0.05) is 19.1 Å². The van der Waals surface area contributed by atoms with Crippen molar-refractivity contribution in [3.05, 3.63) is 30.1 Å². The zero-order chi connectivity index (χ0) is 13.0. The molecule has 1 atom stereocenters. The Bertz CT molecular complexity index is 436. The molecular weight excluding hydrogens is 227 g/mol. The van der Waals surface area contributed by atoms with E-state index in [0.717, 1.165) is 4.90 Å². The van der Waals surface area contributed by atoms with Gasteiger partial charge in [0.1, 0.15) is 5.82 Å². The molecule has 1 unspecified atom stereocenters. The Labute approximate surface area is 97.6 Å². The van der Waals surface area contributed by atoms with Crippen molar-refractivity contribution in [2.45, 2.75) is 6.92 Å². The van der Waals surface area contributed by atoms with Crippen LogP contribution in [0.25, 0.3) is 0 Å². The van der Waals surface area contributed by atoms with Crippen LogP contribution in [-0.2, 0) is 4.79 Å². The van der Waals surface area contributed by atoms with Crippen LogP contribution >= 0.6 is 0 Å². The Morgan fingerprint density at radius 2 is 2.06 bits per heavy atom. The molecule has 0 heterocycles. The summed E-state index contributed by atoms with van der Waals surface area (Å²) in [5.41, 5.74) is 5.09. The SMILES string of the molecule is CC(CN(C(N)=O)c1ccccc1F)C(=O)O. The Balaban J connectivity index is 2.99. The summed E-state index contributed by atoms with van der Waals surface area (Å²) < 4.78 is 13.5. The monoisotopic (exact) mass is 240 g/mol. The number of amides is 2. The lowest BCUT2D eigenvalue weighted by atomic mass is 10.1. The van der Waals surface area contributed by atoms with Gasteiger partial charge in [-0.25, -0.2) is 9.18 Å². The predicted molar refractivity (Wildman–Crippen MR) is 60.1 cm³/mol. The second-order valence-corrected chi connectivity index (χ2v) is 3.64. The first-order valence-electron chi connectivity index (χ1n) is 4.97. The van der Waals surface area contributed by atoms with Crippen molar-refractivity contribution in [1.29, 1.82) is 0 Å². The van der Waals surface area contributed by atoms with E-state index >= 15 is 0 Å². The molecule has 1 aromatic carbocycles. The molecule has 0 aliphatic carbocycles. The lowest BCUT2D eigenvalue weighted by Crippen LogP contribution is -2.41. The van der Waals surface area contributed by atoms with E-state index in [-0.39, 0.29) is 12.2 Å². The Morgan fingerprint density at radius 3 is 2.53 bits per heavy atom. The van der Waals surface area contributed by atoms with Gasteiger partial charge in [-0.05, 0) is 12.1 Å². The molecule has 2 amide bonds. The van der Waals surface area contributed by atoms with Gasteiger partial charge >= 0.3 is 12.0 Å². The summed E-state index contributed by atoms with van der Waals surface area (Å²) in [4.78, 5) is 22.8. The van der Waals surface area contributed by atoms with Crippen molar-refractivity contribution in [3.8, 4) is 0 Å². The van der Waals surface area contributed by atoms with Gasteiger partial charge in [0.25, 0.3) is 0 Å². The van der Waals surface area contributed by atoms with Crippen LogP contribution in [0, 0.1) is 11.7 Å². The van der Waals surface area contributed by atoms with Gasteiger partial charge in [-0.3, -0.25) is 9.69 Å². The van der Waals surface area contributed by atoms with Crippen molar-refractivity contribution in [2.75, 3.05) is 11.4 Å². The molecule has 0 saturated heterocycles. The average Bonchev–Trinajstić information content (AvgIpc) is 2.26. The molecule has 0 aliphatic heterocycles. The number of anilines is 1. The highest BCUT2D eigenvalue weighted by Crippen LogP contribution is 2.19. The highest BCUT2D eigenvalue weighted by Gasteiger charge is 2.22. The van der Waals surface area contributed by atoms with Gasteiger partial charge in [0.2, 0.25) is 0 Å². The number of aliphatic carboxylic acids is 1. The number of primary amides is 1. The first kappa shape index (κ1) is 13.0. The largest absolute Gasteiger partial charge is 0.481 e. The highest BCUT2D eigenvalue weighted by molar-refractivity contribution is 5.91. The summed E-state index contributed by atoms with van der Waals surface area (Å²) in [6, 6.07) is 4.67. The normalized spacial score (nSPS) is 11.9. The quantitative estimate of drug-likeness (QED) is 0.835. The molecule has 5 nitrogen and oxygen atoms in total. The number of hydrogen-bond acceptors (Lipinski definition) is 2. The highest BCUT2D eigenvalue weighted by atomic mass is 19.1. The van der Waals surface area contributed by atoms with Gasteiger partial charge < -0.3 is 10.8 Å². The molecular formula is C11H13FN2O3. The minimum atomic E-state index is -1.08. The van der Waals surface area contributed by atoms with E-state index in [1.165, 1.54) is 25.1 Å². The molecule has 0 aromatic heterocycles. The maximum Gasteiger partial charge on any atom is 0.319 e. The van der Waals surface area contributed by atoms with Crippen LogP contribution in [0.3, 0.4) is 0 Å². The molecule has 0 spiro atoms. The maximum absolute atomic E-state index is 13.5. The van der Waals surface area contributed by atoms with Crippen LogP contribution in [0.4, 0.5) is 14.9 Å². The van der Waals surface area contributed by atoms with Crippen molar-refractivity contribution < 1.29 is 19.1 Å². The fourth-order valence-corrected chi connectivity index (χ4v) is 1.33. The van der Waals surface area contributed by atoms with Crippen LogP contribution in [0.2, 0.25) is 0 Å². The van der Waals surface area contributed by atoms with E-state index in [9.17, 15) is 14.0 Å². The average molecular weight is 240 g/mol. The molecule has 6 heteroatoms. The summed E-state index contributed by atoms with van der Waals surface area (Å²) in [6.07, 6.45) is 0. The molecule has 92 valence electrons. The first-order valence-corrected chi connectivity index (χ1v) is 4.97. The standard InChI is InChI=1S/C11H13FN2O3/c1-7(10(15)16)6-14(11(13)17)9-5-3-2-4-8(9)12/h2-5,7H,6H2,1H3,(H2,13,17)(H,15,16). The molecule has 1 rings (SSSR count). The summed E-state index contributed by atoms with van der Waals surface area (Å²) in [7, 11) is 0. The number of carboxylic acid groups (broad SMARTS) is 1. The number of nitrogens with two attached hydrogens (primary N) is 1. The molecule has 0 saturated carbocycles. The van der Waals surface area contributed by atoms with E-state index < -0.39 is 23.7 Å². The molecule has 0 bridgehead atoms. The van der Waals surface area contributed by atoms with Crippen LogP contribution in [0.5, 0.6) is 0 Å². The number of benzene rings is 1. The van der Waals surface area contributed by atoms with Crippen molar-refractivity contribution in [2.24, 2.45) is 11.7 Å². The fraction of sp³-hybridized carbons (Fsp3) is 0.273. The third kappa shape index (κ3) is 3.17. The van der Waals surface area contributed by atoms with E-state index in [4.69, 9.17) is 10.8 Å². The van der Waals surface area contributed by atoms with Gasteiger partial charge in [-0.2, -0.15) is 0 Å². The predicted octanol–water partition coefficient (Wildman–Crippen LogP) is 1.43. The third-order valence-electron chi connectivity index (χ3n) is 2.29. The summed E-state index contributed by atoms with van der Waals surface area (Å²) in [6.45, 7) is 1.24. The molecule has 1 aromatic rings. The summed E-state index contributed by atoms with van der Waals surface area (Å²) in [5.74, 6) is -2.53. The zero-order valence-electron chi connectivity index (χ0n) is 9.26. The van der Waals surface area contributed by atoms with Crippen molar-refractivity contribution in [1.82, 2.24) is 0 Å². The van der Waals surface area contributed by atoms with Crippen LogP contribution in [0.1, 0.15) is 6.92 Å². The Hall–Kier alpha value is -2.11. The lowest BCUT2D eigenvalue weighted by Gasteiger charge is -2.22. The number of urea groups is 1. The Morgan fingerprint density at radius 1 is 1.47 bits per heavy atom. The van der Waals surface area contributed by atoms with Crippen LogP contribution < -0.4 is 10.6 Å². The van der Waals surface area contributed by atoms with Gasteiger partial charge in [0.05, 0.1) is 11.6 Å². The maximum atomic E-state index is 13.5. The second kappa shape index (κ2) is 5.29. The minimum absolute atomic E-state index is 0.0203. The summed E-state index contributed by atoms with van der Waals surface area (Å²) in [5, 5.41) is 8.76.